The average Bonchev–Trinajstić information content (AvgIpc) is 2.68. The zero-order valence-electron chi connectivity index (χ0n) is 17.1. The van der Waals surface area contributed by atoms with E-state index < -0.39 is 11.9 Å². The minimum Gasteiger partial charge on any atom is -0.352 e. The van der Waals surface area contributed by atoms with Crippen LogP contribution in [-0.2, 0) is 21.9 Å². The molecule has 0 aliphatic rings. The summed E-state index contributed by atoms with van der Waals surface area (Å²) in [5.74, 6) is -0.409. The van der Waals surface area contributed by atoms with Crippen LogP contribution in [-0.4, -0.2) is 34.6 Å². The first-order valence-electron chi connectivity index (χ1n) is 9.54. The molecule has 30 heavy (non-hydrogen) atoms. The van der Waals surface area contributed by atoms with Crippen LogP contribution in [0.15, 0.2) is 42.5 Å². The third kappa shape index (κ3) is 6.89. The zero-order chi connectivity index (χ0) is 22.3. The lowest BCUT2D eigenvalue weighted by Gasteiger charge is -2.29. The zero-order valence-corrected chi connectivity index (χ0v) is 19.5. The number of nitrogens with zero attached hydrogens (tertiary/aromatic N) is 1. The van der Waals surface area contributed by atoms with E-state index in [1.165, 1.54) is 22.7 Å². The highest BCUT2D eigenvalue weighted by Crippen LogP contribution is 2.28. The van der Waals surface area contributed by atoms with Crippen molar-refractivity contribution in [3.8, 4) is 0 Å². The number of rotatable bonds is 9. The van der Waals surface area contributed by atoms with Crippen LogP contribution in [0, 0.1) is 5.82 Å². The van der Waals surface area contributed by atoms with E-state index in [1.807, 2.05) is 13.8 Å². The standard InChI is InChI=1S/C22H25Cl2FN2O2S/c1-14(2)26-22(29)15(3)27(11-16-7-4-5-10-20(16)25)21(28)13-30-12-17-18(23)8-6-9-19(17)24/h4-10,14-15H,11-13H2,1-3H3,(H,26,29)/t15-/m1/s1. The largest absolute Gasteiger partial charge is 0.352 e. The summed E-state index contributed by atoms with van der Waals surface area (Å²) in [6, 6.07) is 10.7. The Morgan fingerprint density at radius 1 is 1.07 bits per heavy atom. The molecule has 0 saturated heterocycles. The molecule has 0 aliphatic heterocycles. The second-order valence-electron chi connectivity index (χ2n) is 7.15. The predicted octanol–water partition coefficient (Wildman–Crippen LogP) is 5.31. The fourth-order valence-corrected chi connectivity index (χ4v) is 4.44. The second kappa shape index (κ2) is 11.6. The first kappa shape index (κ1) is 24.5. The topological polar surface area (TPSA) is 49.4 Å². The van der Waals surface area contributed by atoms with E-state index >= 15 is 0 Å². The molecule has 0 unspecified atom stereocenters. The van der Waals surface area contributed by atoms with Gasteiger partial charge in [0.15, 0.2) is 0 Å². The molecule has 8 heteroatoms. The number of hydrogen-bond acceptors (Lipinski definition) is 3. The summed E-state index contributed by atoms with van der Waals surface area (Å²) >= 11 is 13.7. The summed E-state index contributed by atoms with van der Waals surface area (Å²) in [5.41, 5.74) is 1.11. The van der Waals surface area contributed by atoms with Crippen LogP contribution in [0.5, 0.6) is 0 Å². The molecular formula is C22H25Cl2FN2O2S. The highest BCUT2D eigenvalue weighted by molar-refractivity contribution is 7.99. The van der Waals surface area contributed by atoms with Gasteiger partial charge >= 0.3 is 0 Å². The van der Waals surface area contributed by atoms with Crippen molar-refractivity contribution in [2.24, 2.45) is 0 Å². The van der Waals surface area contributed by atoms with Gasteiger partial charge in [-0.2, -0.15) is 0 Å². The fourth-order valence-electron chi connectivity index (χ4n) is 2.79. The molecule has 2 aromatic rings. The van der Waals surface area contributed by atoms with E-state index in [1.54, 1.807) is 43.3 Å². The number of thioether (sulfide) groups is 1. The van der Waals surface area contributed by atoms with Gasteiger partial charge in [-0.25, -0.2) is 4.39 Å². The maximum Gasteiger partial charge on any atom is 0.242 e. The second-order valence-corrected chi connectivity index (χ2v) is 8.95. The van der Waals surface area contributed by atoms with Crippen molar-refractivity contribution in [1.29, 1.82) is 0 Å². The van der Waals surface area contributed by atoms with Gasteiger partial charge in [-0.1, -0.05) is 47.5 Å². The van der Waals surface area contributed by atoms with Crippen LogP contribution in [0.25, 0.3) is 0 Å². The molecule has 0 saturated carbocycles. The predicted molar refractivity (Wildman–Crippen MR) is 122 cm³/mol. The van der Waals surface area contributed by atoms with Crippen LogP contribution >= 0.6 is 35.0 Å². The quantitative estimate of drug-likeness (QED) is 0.540. The van der Waals surface area contributed by atoms with Gasteiger partial charge < -0.3 is 10.2 Å². The maximum absolute atomic E-state index is 14.2. The minimum atomic E-state index is -0.746. The highest BCUT2D eigenvalue weighted by Gasteiger charge is 2.27. The molecule has 0 bridgehead atoms. The normalized spacial score (nSPS) is 12.0. The van der Waals surface area contributed by atoms with Gasteiger partial charge in [-0.3, -0.25) is 9.59 Å². The molecule has 0 radical (unpaired) electrons. The van der Waals surface area contributed by atoms with Crippen molar-refractivity contribution in [2.45, 2.75) is 45.2 Å². The lowest BCUT2D eigenvalue weighted by molar-refractivity contribution is -0.138. The molecule has 0 heterocycles. The molecule has 0 spiro atoms. The Bertz CT molecular complexity index is 875. The van der Waals surface area contributed by atoms with Crippen molar-refractivity contribution in [1.82, 2.24) is 10.2 Å². The molecule has 0 aliphatic carbocycles. The van der Waals surface area contributed by atoms with E-state index in [0.29, 0.717) is 21.4 Å². The van der Waals surface area contributed by atoms with Gasteiger partial charge in [0.2, 0.25) is 11.8 Å². The Hall–Kier alpha value is -1.76. The van der Waals surface area contributed by atoms with Crippen molar-refractivity contribution in [3.05, 3.63) is 69.5 Å². The smallest absolute Gasteiger partial charge is 0.242 e. The number of carbonyl (C=O) groups excluding carboxylic acids is 2. The summed E-state index contributed by atoms with van der Waals surface area (Å²) in [7, 11) is 0. The van der Waals surface area contributed by atoms with E-state index in [2.05, 4.69) is 5.32 Å². The van der Waals surface area contributed by atoms with E-state index in [0.717, 1.165) is 5.56 Å². The SMILES string of the molecule is CC(C)NC(=O)[C@@H](C)N(Cc1ccccc1F)C(=O)CSCc1c(Cl)cccc1Cl. The van der Waals surface area contributed by atoms with Crippen molar-refractivity contribution < 1.29 is 14.0 Å². The molecule has 162 valence electrons. The van der Waals surface area contributed by atoms with Gasteiger partial charge in [-0.15, -0.1) is 11.8 Å². The molecule has 4 nitrogen and oxygen atoms in total. The highest BCUT2D eigenvalue weighted by atomic mass is 35.5. The molecule has 2 rings (SSSR count). The van der Waals surface area contributed by atoms with E-state index in [4.69, 9.17) is 23.2 Å². The van der Waals surface area contributed by atoms with Crippen LogP contribution in [0.1, 0.15) is 31.9 Å². The summed E-state index contributed by atoms with van der Waals surface area (Å²) in [6.07, 6.45) is 0. The third-order valence-corrected chi connectivity index (χ3v) is 6.08. The monoisotopic (exact) mass is 470 g/mol. The van der Waals surface area contributed by atoms with Crippen molar-refractivity contribution >= 4 is 46.8 Å². The summed E-state index contributed by atoms with van der Waals surface area (Å²) in [4.78, 5) is 26.9. The Kier molecular flexibility index (Phi) is 9.46. The molecular weight excluding hydrogens is 446 g/mol. The van der Waals surface area contributed by atoms with Crippen LogP contribution in [0.4, 0.5) is 4.39 Å². The Morgan fingerprint density at radius 2 is 1.70 bits per heavy atom. The first-order chi connectivity index (χ1) is 14.2. The lowest BCUT2D eigenvalue weighted by Crippen LogP contribution is -2.49. The third-order valence-electron chi connectivity index (χ3n) is 4.43. The van der Waals surface area contributed by atoms with Gasteiger partial charge in [0.05, 0.1) is 5.75 Å². The van der Waals surface area contributed by atoms with Crippen LogP contribution < -0.4 is 5.32 Å². The lowest BCUT2D eigenvalue weighted by atomic mass is 10.1. The molecule has 1 N–H and O–H groups in total. The Labute approximate surface area is 191 Å². The number of hydrogen-bond donors (Lipinski definition) is 1. The summed E-state index contributed by atoms with van der Waals surface area (Å²) in [6.45, 7) is 5.34. The number of nitrogens with one attached hydrogen (secondary N) is 1. The number of amides is 2. The molecule has 2 amide bonds. The van der Waals surface area contributed by atoms with Gasteiger partial charge in [0.1, 0.15) is 11.9 Å². The maximum atomic E-state index is 14.2. The summed E-state index contributed by atoms with van der Waals surface area (Å²) < 4.78 is 14.2. The van der Waals surface area contributed by atoms with Gasteiger partial charge in [0, 0.05) is 33.9 Å². The number of benzene rings is 2. The van der Waals surface area contributed by atoms with Crippen molar-refractivity contribution in [2.75, 3.05) is 5.75 Å². The van der Waals surface area contributed by atoms with Crippen molar-refractivity contribution in [3.63, 3.8) is 0 Å². The summed E-state index contributed by atoms with van der Waals surface area (Å²) in [5, 5.41) is 3.88. The number of carbonyl (C=O) groups is 2. The average molecular weight is 471 g/mol. The molecule has 0 fully saturated rings. The molecule has 1 atom stereocenters. The molecule has 2 aromatic carbocycles. The molecule has 0 aromatic heterocycles. The minimum absolute atomic E-state index is 0.00555. The van der Waals surface area contributed by atoms with E-state index in [-0.39, 0.29) is 30.2 Å². The first-order valence-corrected chi connectivity index (χ1v) is 11.5. The van der Waals surface area contributed by atoms with Crippen LogP contribution in [0.3, 0.4) is 0 Å². The van der Waals surface area contributed by atoms with E-state index in [9.17, 15) is 14.0 Å². The van der Waals surface area contributed by atoms with Gasteiger partial charge in [0.25, 0.3) is 0 Å². The van der Waals surface area contributed by atoms with Gasteiger partial charge in [-0.05, 0) is 44.5 Å². The Balaban J connectivity index is 2.13. The Morgan fingerprint density at radius 3 is 2.30 bits per heavy atom. The fraction of sp³-hybridized carbons (Fsp3) is 0.364. The number of halogens is 3. The van der Waals surface area contributed by atoms with Crippen LogP contribution in [0.2, 0.25) is 10.0 Å².